The fraction of sp³-hybridized carbons (Fsp3) is 0.355. The highest BCUT2D eigenvalue weighted by Gasteiger charge is 2.32. The Hall–Kier alpha value is -3.02. The standard InChI is InChI=1S/C31H36Cl2N2O3/c1-21(2)24-12-14-25(15-13-24)38-20-29(36)35(19-23-11-16-26(32)27(33)17-23)28(30(37)34-31(3,4)5)18-22-9-7-6-8-10-22/h6-17,21,28H,18-20H2,1-5H3,(H,34,37)/t28-/m0/s1. The van der Waals surface area contributed by atoms with Crippen LogP contribution in [0.2, 0.25) is 10.0 Å². The Balaban J connectivity index is 1.92. The molecule has 0 aliphatic heterocycles. The largest absolute Gasteiger partial charge is 0.484 e. The Labute approximate surface area is 236 Å². The lowest BCUT2D eigenvalue weighted by atomic mass is 10.0. The van der Waals surface area contributed by atoms with E-state index in [4.69, 9.17) is 27.9 Å². The van der Waals surface area contributed by atoms with Gasteiger partial charge in [-0.05, 0) is 67.6 Å². The van der Waals surface area contributed by atoms with Crippen molar-refractivity contribution in [3.8, 4) is 5.75 Å². The van der Waals surface area contributed by atoms with Gasteiger partial charge in [0.1, 0.15) is 11.8 Å². The number of ether oxygens (including phenoxy) is 1. The zero-order valence-corrected chi connectivity index (χ0v) is 24.1. The molecule has 202 valence electrons. The molecule has 38 heavy (non-hydrogen) atoms. The summed E-state index contributed by atoms with van der Waals surface area (Å²) in [6, 6.07) is 21.8. The van der Waals surface area contributed by atoms with Crippen LogP contribution in [0.25, 0.3) is 0 Å². The first-order valence-electron chi connectivity index (χ1n) is 12.7. The van der Waals surface area contributed by atoms with Crippen molar-refractivity contribution in [2.75, 3.05) is 6.61 Å². The zero-order chi connectivity index (χ0) is 27.9. The molecule has 0 unspecified atom stereocenters. The van der Waals surface area contributed by atoms with Crippen LogP contribution in [0, 0.1) is 0 Å². The van der Waals surface area contributed by atoms with Crippen molar-refractivity contribution in [3.63, 3.8) is 0 Å². The fourth-order valence-electron chi connectivity index (χ4n) is 4.02. The van der Waals surface area contributed by atoms with E-state index < -0.39 is 11.6 Å². The van der Waals surface area contributed by atoms with Crippen molar-refractivity contribution in [2.45, 2.75) is 65.1 Å². The van der Waals surface area contributed by atoms with Crippen molar-refractivity contribution in [3.05, 3.63) is 99.5 Å². The van der Waals surface area contributed by atoms with E-state index in [1.54, 1.807) is 23.1 Å². The average molecular weight is 556 g/mol. The van der Waals surface area contributed by atoms with Crippen LogP contribution in [-0.4, -0.2) is 34.9 Å². The molecule has 0 fully saturated rings. The molecule has 3 aromatic rings. The van der Waals surface area contributed by atoms with E-state index in [0.717, 1.165) is 11.1 Å². The predicted octanol–water partition coefficient (Wildman–Crippen LogP) is 7.05. The van der Waals surface area contributed by atoms with Crippen LogP contribution in [0.1, 0.15) is 57.2 Å². The van der Waals surface area contributed by atoms with Gasteiger partial charge < -0.3 is 15.0 Å². The molecule has 0 saturated carbocycles. The first-order valence-corrected chi connectivity index (χ1v) is 13.5. The molecule has 3 rings (SSSR count). The second kappa shape index (κ2) is 13.2. The molecule has 0 aliphatic carbocycles. The summed E-state index contributed by atoms with van der Waals surface area (Å²) >= 11 is 12.4. The van der Waals surface area contributed by atoms with Crippen molar-refractivity contribution in [2.24, 2.45) is 0 Å². The minimum absolute atomic E-state index is 0.167. The number of rotatable bonds is 10. The van der Waals surface area contributed by atoms with Crippen LogP contribution in [0.15, 0.2) is 72.8 Å². The van der Waals surface area contributed by atoms with Gasteiger partial charge >= 0.3 is 0 Å². The molecule has 0 aliphatic rings. The third-order valence-electron chi connectivity index (χ3n) is 6.02. The molecule has 0 spiro atoms. The van der Waals surface area contributed by atoms with Crippen LogP contribution < -0.4 is 10.1 Å². The Morgan fingerprint density at radius 1 is 0.895 bits per heavy atom. The SMILES string of the molecule is CC(C)c1ccc(OCC(=O)N(Cc2ccc(Cl)c(Cl)c2)[C@@H](Cc2ccccc2)C(=O)NC(C)(C)C)cc1. The van der Waals surface area contributed by atoms with E-state index in [-0.39, 0.29) is 25.0 Å². The van der Waals surface area contributed by atoms with E-state index in [2.05, 4.69) is 19.2 Å². The highest BCUT2D eigenvalue weighted by atomic mass is 35.5. The number of carbonyl (C=O) groups excluding carboxylic acids is 2. The van der Waals surface area contributed by atoms with Gasteiger partial charge in [0.15, 0.2) is 6.61 Å². The summed E-state index contributed by atoms with van der Waals surface area (Å²) in [4.78, 5) is 28.9. The molecule has 5 nitrogen and oxygen atoms in total. The Bertz CT molecular complexity index is 1220. The molecule has 1 atom stereocenters. The number of nitrogens with one attached hydrogen (secondary N) is 1. The first kappa shape index (κ1) is 29.5. The number of nitrogens with zero attached hydrogens (tertiary/aromatic N) is 1. The summed E-state index contributed by atoms with van der Waals surface area (Å²) in [5.41, 5.74) is 2.42. The van der Waals surface area contributed by atoms with E-state index >= 15 is 0 Å². The fourth-order valence-corrected chi connectivity index (χ4v) is 4.34. The van der Waals surface area contributed by atoms with Crippen LogP contribution >= 0.6 is 23.2 Å². The molecule has 0 heterocycles. The van der Waals surface area contributed by atoms with Gasteiger partial charge in [0.2, 0.25) is 5.91 Å². The summed E-state index contributed by atoms with van der Waals surface area (Å²) < 4.78 is 5.87. The molecule has 0 saturated heterocycles. The van der Waals surface area contributed by atoms with Crippen LogP contribution in [0.5, 0.6) is 5.75 Å². The maximum atomic E-state index is 13.7. The average Bonchev–Trinajstić information content (AvgIpc) is 2.86. The Morgan fingerprint density at radius 3 is 2.13 bits per heavy atom. The van der Waals surface area contributed by atoms with E-state index in [1.807, 2.05) is 75.4 Å². The maximum absolute atomic E-state index is 13.7. The summed E-state index contributed by atoms with van der Waals surface area (Å²) in [5.74, 6) is 0.438. The van der Waals surface area contributed by atoms with E-state index in [0.29, 0.717) is 28.1 Å². The number of carbonyl (C=O) groups is 2. The highest BCUT2D eigenvalue weighted by molar-refractivity contribution is 6.42. The van der Waals surface area contributed by atoms with Gasteiger partial charge in [0.25, 0.3) is 5.91 Å². The molecular formula is C31H36Cl2N2O3. The quantitative estimate of drug-likeness (QED) is 0.292. The van der Waals surface area contributed by atoms with E-state index in [1.165, 1.54) is 5.56 Å². The van der Waals surface area contributed by atoms with Gasteiger partial charge in [-0.1, -0.05) is 85.6 Å². The van der Waals surface area contributed by atoms with Crippen molar-refractivity contribution < 1.29 is 14.3 Å². The number of amides is 2. The number of hydrogen-bond donors (Lipinski definition) is 1. The smallest absolute Gasteiger partial charge is 0.261 e. The van der Waals surface area contributed by atoms with Crippen LogP contribution in [0.3, 0.4) is 0 Å². The lowest BCUT2D eigenvalue weighted by Gasteiger charge is -2.33. The number of hydrogen-bond acceptors (Lipinski definition) is 3. The summed E-state index contributed by atoms with van der Waals surface area (Å²) in [5, 5.41) is 3.86. The minimum atomic E-state index is -0.773. The molecular weight excluding hydrogens is 519 g/mol. The monoisotopic (exact) mass is 554 g/mol. The maximum Gasteiger partial charge on any atom is 0.261 e. The molecule has 0 bridgehead atoms. The molecule has 1 N–H and O–H groups in total. The van der Waals surface area contributed by atoms with Gasteiger partial charge in [0, 0.05) is 18.5 Å². The number of benzene rings is 3. The van der Waals surface area contributed by atoms with Crippen LogP contribution in [0.4, 0.5) is 0 Å². The lowest BCUT2D eigenvalue weighted by molar-refractivity contribution is -0.143. The zero-order valence-electron chi connectivity index (χ0n) is 22.6. The molecule has 0 aromatic heterocycles. The van der Waals surface area contributed by atoms with Crippen molar-refractivity contribution in [1.82, 2.24) is 10.2 Å². The van der Waals surface area contributed by atoms with Gasteiger partial charge in [-0.2, -0.15) is 0 Å². The van der Waals surface area contributed by atoms with Gasteiger partial charge in [0.05, 0.1) is 10.0 Å². The predicted molar refractivity (Wildman–Crippen MR) is 155 cm³/mol. The summed E-state index contributed by atoms with van der Waals surface area (Å²) in [7, 11) is 0. The number of halogens is 2. The van der Waals surface area contributed by atoms with Gasteiger partial charge in [-0.15, -0.1) is 0 Å². The molecule has 0 radical (unpaired) electrons. The van der Waals surface area contributed by atoms with Gasteiger partial charge in [-0.3, -0.25) is 9.59 Å². The van der Waals surface area contributed by atoms with Crippen LogP contribution in [-0.2, 0) is 22.6 Å². The van der Waals surface area contributed by atoms with Crippen molar-refractivity contribution in [1.29, 1.82) is 0 Å². The Kier molecular flexibility index (Phi) is 10.2. The summed E-state index contributed by atoms with van der Waals surface area (Å²) in [6.07, 6.45) is 0.346. The second-order valence-electron chi connectivity index (χ2n) is 10.7. The van der Waals surface area contributed by atoms with E-state index in [9.17, 15) is 9.59 Å². The summed E-state index contributed by atoms with van der Waals surface area (Å²) in [6.45, 7) is 9.95. The Morgan fingerprint density at radius 2 is 1.55 bits per heavy atom. The third kappa shape index (κ3) is 8.78. The van der Waals surface area contributed by atoms with Crippen molar-refractivity contribution >= 4 is 35.0 Å². The van der Waals surface area contributed by atoms with Gasteiger partial charge in [-0.25, -0.2) is 0 Å². The molecule has 2 amide bonds. The second-order valence-corrected chi connectivity index (χ2v) is 11.5. The molecule has 3 aromatic carbocycles. The normalized spacial score (nSPS) is 12.2. The lowest BCUT2D eigenvalue weighted by Crippen LogP contribution is -2.55. The highest BCUT2D eigenvalue weighted by Crippen LogP contribution is 2.25. The molecule has 7 heteroatoms. The topological polar surface area (TPSA) is 58.6 Å². The first-order chi connectivity index (χ1) is 17.9. The minimum Gasteiger partial charge on any atom is -0.484 e. The third-order valence-corrected chi connectivity index (χ3v) is 6.75.